The van der Waals surface area contributed by atoms with Crippen LogP contribution in [-0.4, -0.2) is 112 Å². The Morgan fingerprint density at radius 1 is 0.843 bits per heavy atom. The molecule has 70 heavy (non-hydrogen) atoms. The third-order valence-electron chi connectivity index (χ3n) is 13.4. The molecule has 0 spiro atoms. The van der Waals surface area contributed by atoms with E-state index in [0.717, 1.165) is 39.1 Å². The van der Waals surface area contributed by atoms with Gasteiger partial charge in [0.1, 0.15) is 18.1 Å². The van der Waals surface area contributed by atoms with E-state index >= 15 is 0 Å². The molecule has 362 valence electrons. The first-order valence-corrected chi connectivity index (χ1v) is 25.4. The number of anilines is 2. The first-order valence-electron chi connectivity index (χ1n) is 23.7. The van der Waals surface area contributed by atoms with Crippen molar-refractivity contribution in [2.45, 2.75) is 71.4 Å². The van der Waals surface area contributed by atoms with Crippen molar-refractivity contribution in [3.8, 4) is 21.6 Å². The lowest BCUT2D eigenvalue weighted by molar-refractivity contribution is -0.144. The van der Waals surface area contributed by atoms with Crippen LogP contribution in [0.25, 0.3) is 21.6 Å². The zero-order valence-corrected chi connectivity index (χ0v) is 41.4. The molecule has 5 amide bonds. The number of likely N-dealkylation sites (tertiary alicyclic amines) is 1. The van der Waals surface area contributed by atoms with Gasteiger partial charge in [0.05, 0.1) is 12.6 Å². The summed E-state index contributed by atoms with van der Waals surface area (Å²) in [5.41, 5.74) is 7.63. The van der Waals surface area contributed by atoms with Crippen LogP contribution in [0.2, 0.25) is 0 Å². The highest BCUT2D eigenvalue weighted by Crippen LogP contribution is 2.36. The van der Waals surface area contributed by atoms with Crippen molar-refractivity contribution in [1.82, 2.24) is 30.3 Å². The average Bonchev–Trinajstić information content (AvgIpc) is 4.18. The highest BCUT2D eigenvalue weighted by Gasteiger charge is 2.45. The predicted octanol–water partition coefficient (Wildman–Crippen LogP) is 7.11. The van der Waals surface area contributed by atoms with Crippen LogP contribution >= 0.6 is 22.7 Å². The topological polar surface area (TPSA) is 168 Å². The number of thiazole rings is 1. The number of aryl methyl sites for hydroxylation is 1. The summed E-state index contributed by atoms with van der Waals surface area (Å²) in [6.07, 6.45) is 0.888. The summed E-state index contributed by atoms with van der Waals surface area (Å²) < 4.78 is 0. The summed E-state index contributed by atoms with van der Waals surface area (Å²) in [6, 6.07) is 31.0. The SMILES string of the molecule is Cc1ccsc1-c1ccc(CNC(=O)[C@@H]2C[C@@H](O)CN2C(=O)[C@@H](NC(=O)CN2CCN(c3ccc(-c4ccc5c(c4)C(=O)N(C(C(=O)Nc4nccs4)c4ccccc4)C5)cc3)CC2)C(C)(C)C)cc1. The number of aliphatic hydroxyl groups is 1. The van der Waals surface area contributed by atoms with E-state index in [1.165, 1.54) is 26.7 Å². The van der Waals surface area contributed by atoms with Gasteiger partial charge in [0.15, 0.2) is 5.13 Å². The zero-order chi connectivity index (χ0) is 49.1. The number of aliphatic hydroxyl groups excluding tert-OH is 1. The fourth-order valence-electron chi connectivity index (χ4n) is 9.59. The predicted molar refractivity (Wildman–Crippen MR) is 274 cm³/mol. The summed E-state index contributed by atoms with van der Waals surface area (Å²) in [5, 5.41) is 23.9. The number of aromatic nitrogens is 1. The summed E-state index contributed by atoms with van der Waals surface area (Å²) in [4.78, 5) is 82.0. The summed E-state index contributed by atoms with van der Waals surface area (Å²) in [7, 11) is 0. The zero-order valence-electron chi connectivity index (χ0n) is 39.8. The normalized spacial score (nSPS) is 18.1. The second kappa shape index (κ2) is 20.7. The van der Waals surface area contributed by atoms with Gasteiger partial charge < -0.3 is 30.4 Å². The molecule has 5 heterocycles. The quantitative estimate of drug-likeness (QED) is 0.0890. The number of carbonyl (C=O) groups excluding carboxylic acids is 5. The molecule has 14 nitrogen and oxygen atoms in total. The molecule has 2 fully saturated rings. The molecular formula is C54H58N8O6S2. The van der Waals surface area contributed by atoms with Gasteiger partial charge in [0.2, 0.25) is 17.7 Å². The molecule has 0 aliphatic carbocycles. The van der Waals surface area contributed by atoms with E-state index in [1.807, 2.05) is 106 Å². The lowest BCUT2D eigenvalue weighted by Crippen LogP contribution is -2.59. The number of benzene rings is 4. The molecule has 0 bridgehead atoms. The minimum Gasteiger partial charge on any atom is -0.391 e. The van der Waals surface area contributed by atoms with Crippen molar-refractivity contribution in [3.63, 3.8) is 0 Å². The second-order valence-electron chi connectivity index (χ2n) is 19.4. The molecule has 0 saturated carbocycles. The Morgan fingerprint density at radius 3 is 2.23 bits per heavy atom. The monoisotopic (exact) mass is 978 g/mol. The van der Waals surface area contributed by atoms with Crippen molar-refractivity contribution in [3.05, 3.63) is 148 Å². The number of carbonyl (C=O) groups is 5. The summed E-state index contributed by atoms with van der Waals surface area (Å²) in [6.45, 7) is 11.1. The minimum atomic E-state index is -0.914. The molecule has 2 aromatic heterocycles. The molecule has 4 atom stereocenters. The maximum absolute atomic E-state index is 14.2. The van der Waals surface area contributed by atoms with Gasteiger partial charge in [-0.3, -0.25) is 34.2 Å². The van der Waals surface area contributed by atoms with Crippen molar-refractivity contribution >= 4 is 63.0 Å². The van der Waals surface area contributed by atoms with Gasteiger partial charge in [-0.2, -0.15) is 0 Å². The van der Waals surface area contributed by atoms with E-state index in [1.54, 1.807) is 27.8 Å². The van der Waals surface area contributed by atoms with Crippen LogP contribution in [0.5, 0.6) is 0 Å². The standard InChI is InChI=1S/C54H58N8O6S2/c1-34-20-26-69-47(34)38-12-10-35(11-13-38)30-56-49(65)44-29-42(63)32-61(44)52(68)48(54(2,3)4)57-45(64)33-59-22-24-60(25-23-59)41-18-16-36(17-19-41)39-14-15-40-31-62(51(67)43(40)28-39)46(37-8-6-5-7-9-37)50(66)58-53-55-21-27-70-53/h5-21,26-28,42,44,46,48,63H,22-25,29-33H2,1-4H3,(H,56,65)(H,57,64)(H,55,58,66)/t42-,44+,46?,48-/m1/s1. The maximum Gasteiger partial charge on any atom is 0.255 e. The largest absolute Gasteiger partial charge is 0.391 e. The smallest absolute Gasteiger partial charge is 0.255 e. The molecular weight excluding hydrogens is 921 g/mol. The van der Waals surface area contributed by atoms with Gasteiger partial charge in [-0.15, -0.1) is 22.7 Å². The number of piperazine rings is 1. The van der Waals surface area contributed by atoms with Crippen molar-refractivity contribution in [2.24, 2.45) is 5.41 Å². The first kappa shape index (κ1) is 48.3. The molecule has 4 N–H and O–H groups in total. The Hall–Kier alpha value is -6.72. The highest BCUT2D eigenvalue weighted by molar-refractivity contribution is 7.14. The van der Waals surface area contributed by atoms with Crippen molar-refractivity contribution in [1.29, 1.82) is 0 Å². The summed E-state index contributed by atoms with van der Waals surface area (Å²) >= 11 is 3.01. The van der Waals surface area contributed by atoms with Crippen LogP contribution < -0.4 is 20.9 Å². The molecule has 3 aliphatic heterocycles. The maximum atomic E-state index is 14.2. The van der Waals surface area contributed by atoms with Gasteiger partial charge >= 0.3 is 0 Å². The number of hydrogen-bond acceptors (Lipinski definition) is 11. The highest BCUT2D eigenvalue weighted by atomic mass is 32.1. The Kier molecular flexibility index (Phi) is 14.3. The summed E-state index contributed by atoms with van der Waals surface area (Å²) in [5.74, 6) is -1.54. The van der Waals surface area contributed by atoms with Crippen molar-refractivity contribution in [2.75, 3.05) is 49.5 Å². The van der Waals surface area contributed by atoms with Gasteiger partial charge in [-0.25, -0.2) is 4.98 Å². The Morgan fingerprint density at radius 2 is 1.56 bits per heavy atom. The van der Waals surface area contributed by atoms with E-state index in [2.05, 4.69) is 61.2 Å². The number of nitrogens with zero attached hydrogens (tertiary/aromatic N) is 5. The van der Waals surface area contributed by atoms with Crippen LogP contribution in [0, 0.1) is 12.3 Å². The number of fused-ring (bicyclic) bond motifs is 1. The van der Waals surface area contributed by atoms with Crippen molar-refractivity contribution < 1.29 is 29.1 Å². The van der Waals surface area contributed by atoms with E-state index in [-0.39, 0.29) is 55.6 Å². The van der Waals surface area contributed by atoms with Crippen LogP contribution in [0.1, 0.15) is 65.8 Å². The van der Waals surface area contributed by atoms with Crippen LogP contribution in [0.15, 0.2) is 120 Å². The number of amides is 5. The lowest BCUT2D eigenvalue weighted by atomic mass is 9.85. The van der Waals surface area contributed by atoms with Crippen LogP contribution in [0.4, 0.5) is 10.8 Å². The van der Waals surface area contributed by atoms with Gasteiger partial charge in [0.25, 0.3) is 11.8 Å². The van der Waals surface area contributed by atoms with Gasteiger partial charge in [0, 0.05) is 79.9 Å². The van der Waals surface area contributed by atoms with Gasteiger partial charge in [-0.05, 0) is 80.9 Å². The Labute approximate surface area is 416 Å². The Balaban J connectivity index is 0.774. The van der Waals surface area contributed by atoms with E-state index in [0.29, 0.717) is 43.4 Å². The van der Waals surface area contributed by atoms with Crippen LogP contribution in [-0.2, 0) is 32.3 Å². The Bertz CT molecular complexity index is 2840. The second-order valence-corrected chi connectivity index (χ2v) is 21.2. The molecule has 9 rings (SSSR count). The number of nitrogens with one attached hydrogen (secondary N) is 3. The molecule has 2 saturated heterocycles. The number of β-amino-alcohol motifs (C(OH)–C–C–N with tert-alkyl or cyclic N) is 1. The fraction of sp³-hybridized carbons (Fsp3) is 0.333. The fourth-order valence-corrected chi connectivity index (χ4v) is 11.1. The minimum absolute atomic E-state index is 0.00893. The molecule has 16 heteroatoms. The van der Waals surface area contributed by atoms with Crippen LogP contribution in [0.3, 0.4) is 0 Å². The third kappa shape index (κ3) is 10.7. The van der Waals surface area contributed by atoms with E-state index < -0.39 is 29.6 Å². The lowest BCUT2D eigenvalue weighted by Gasteiger charge is -2.37. The molecule has 0 radical (unpaired) electrons. The molecule has 3 aliphatic rings. The van der Waals surface area contributed by atoms with E-state index in [4.69, 9.17) is 0 Å². The molecule has 4 aromatic carbocycles. The van der Waals surface area contributed by atoms with E-state index in [9.17, 15) is 29.1 Å². The molecule has 6 aromatic rings. The third-order valence-corrected chi connectivity index (χ3v) is 15.2. The number of hydrogen-bond donors (Lipinski definition) is 4. The number of thiophene rings is 1. The first-order chi connectivity index (χ1) is 33.7. The average molecular weight is 979 g/mol. The van der Waals surface area contributed by atoms with Gasteiger partial charge in [-0.1, -0.05) is 99.6 Å². The molecule has 1 unspecified atom stereocenters. The number of rotatable bonds is 14.